The van der Waals surface area contributed by atoms with Crippen molar-refractivity contribution in [3.63, 3.8) is 0 Å². The quantitative estimate of drug-likeness (QED) is 0.175. The first-order valence-corrected chi connectivity index (χ1v) is 12.6. The molecule has 0 aliphatic heterocycles. The number of amides is 1. The lowest BCUT2D eigenvalue weighted by molar-refractivity contribution is -0.384. The third kappa shape index (κ3) is 5.31. The molecule has 3 aromatic carbocycles. The molecule has 4 aromatic rings. The van der Waals surface area contributed by atoms with Crippen LogP contribution in [0.2, 0.25) is 0 Å². The van der Waals surface area contributed by atoms with Crippen molar-refractivity contribution in [2.24, 2.45) is 0 Å². The average molecular weight is 500 g/mol. The molecule has 8 nitrogen and oxygen atoms in total. The van der Waals surface area contributed by atoms with Crippen molar-refractivity contribution < 1.29 is 9.72 Å². The Balaban J connectivity index is 1.48. The molecule has 1 amide bonds. The van der Waals surface area contributed by atoms with Crippen LogP contribution in [0.1, 0.15) is 46.5 Å². The van der Waals surface area contributed by atoms with Crippen molar-refractivity contribution in [1.82, 2.24) is 14.8 Å². The van der Waals surface area contributed by atoms with Gasteiger partial charge in [-0.2, -0.15) is 0 Å². The Morgan fingerprint density at radius 1 is 1.08 bits per heavy atom. The van der Waals surface area contributed by atoms with Crippen molar-refractivity contribution in [2.45, 2.75) is 42.6 Å². The van der Waals surface area contributed by atoms with Gasteiger partial charge in [-0.25, -0.2) is 0 Å². The molecule has 182 valence electrons. The molecule has 1 aromatic heterocycles. The zero-order valence-corrected chi connectivity index (χ0v) is 20.5. The van der Waals surface area contributed by atoms with E-state index in [1.165, 1.54) is 17.8 Å². The van der Waals surface area contributed by atoms with Crippen LogP contribution in [0.25, 0.3) is 0 Å². The van der Waals surface area contributed by atoms with E-state index in [2.05, 4.69) is 32.2 Å². The molecule has 1 aliphatic rings. The van der Waals surface area contributed by atoms with Gasteiger partial charge >= 0.3 is 0 Å². The third-order valence-electron chi connectivity index (χ3n) is 6.04. The molecular weight excluding hydrogens is 474 g/mol. The normalized spacial score (nSPS) is 13.8. The smallest absolute Gasteiger partial charge is 0.293 e. The van der Waals surface area contributed by atoms with Gasteiger partial charge in [-0.1, -0.05) is 78.5 Å². The van der Waals surface area contributed by atoms with Crippen LogP contribution in [0.15, 0.2) is 84.0 Å². The number of carbonyl (C=O) groups excluding carboxylic acids is 1. The highest BCUT2D eigenvalue weighted by molar-refractivity contribution is 8.00. The Morgan fingerprint density at radius 2 is 1.78 bits per heavy atom. The van der Waals surface area contributed by atoms with Crippen molar-refractivity contribution in [3.05, 3.63) is 111 Å². The fourth-order valence-corrected chi connectivity index (χ4v) is 5.09. The Bertz CT molecular complexity index is 1390. The highest BCUT2D eigenvalue weighted by atomic mass is 32.2. The molecule has 0 bridgehead atoms. The number of nitro benzene ring substituents is 1. The van der Waals surface area contributed by atoms with Gasteiger partial charge in [-0.05, 0) is 42.5 Å². The van der Waals surface area contributed by atoms with E-state index in [0.29, 0.717) is 17.6 Å². The monoisotopic (exact) mass is 499 g/mol. The molecule has 36 heavy (non-hydrogen) atoms. The Kier molecular flexibility index (Phi) is 6.81. The van der Waals surface area contributed by atoms with E-state index in [9.17, 15) is 14.9 Å². The van der Waals surface area contributed by atoms with Gasteiger partial charge in [0.15, 0.2) is 5.16 Å². The number of aryl methyl sites for hydroxylation is 1. The molecule has 1 fully saturated rings. The molecule has 1 aliphatic carbocycles. The minimum absolute atomic E-state index is 0.136. The summed E-state index contributed by atoms with van der Waals surface area (Å²) in [6, 6.07) is 24.2. The van der Waals surface area contributed by atoms with E-state index in [0.717, 1.165) is 35.4 Å². The van der Waals surface area contributed by atoms with E-state index in [4.69, 9.17) is 0 Å². The molecule has 5 rings (SSSR count). The lowest BCUT2D eigenvalue weighted by atomic mass is 10.1. The van der Waals surface area contributed by atoms with Crippen molar-refractivity contribution >= 4 is 29.0 Å². The lowest BCUT2D eigenvalue weighted by Crippen LogP contribution is -2.20. The highest BCUT2D eigenvalue weighted by Gasteiger charge is 2.33. The Labute approximate surface area is 212 Å². The third-order valence-corrected chi connectivity index (χ3v) is 7.28. The van der Waals surface area contributed by atoms with Gasteiger partial charge in [0.2, 0.25) is 5.91 Å². The van der Waals surface area contributed by atoms with Gasteiger partial charge in [0.05, 0.1) is 11.5 Å². The molecule has 0 spiro atoms. The van der Waals surface area contributed by atoms with Crippen LogP contribution in [0.5, 0.6) is 0 Å². The molecule has 1 N–H and O–H groups in total. The predicted octanol–water partition coefficient (Wildman–Crippen LogP) is 5.89. The summed E-state index contributed by atoms with van der Waals surface area (Å²) in [6.45, 7) is 2.38. The van der Waals surface area contributed by atoms with Gasteiger partial charge < -0.3 is 9.88 Å². The van der Waals surface area contributed by atoms with Gasteiger partial charge in [0.1, 0.15) is 16.8 Å². The van der Waals surface area contributed by atoms with E-state index >= 15 is 0 Å². The van der Waals surface area contributed by atoms with Crippen LogP contribution in [-0.4, -0.2) is 25.6 Å². The molecule has 0 radical (unpaired) electrons. The first-order valence-electron chi connectivity index (χ1n) is 11.7. The van der Waals surface area contributed by atoms with Gasteiger partial charge in [0, 0.05) is 12.0 Å². The minimum atomic E-state index is -0.683. The van der Waals surface area contributed by atoms with E-state index in [-0.39, 0.29) is 17.3 Å². The summed E-state index contributed by atoms with van der Waals surface area (Å²) in [5.41, 5.74) is 2.68. The summed E-state index contributed by atoms with van der Waals surface area (Å²) in [5, 5.41) is 23.3. The number of nitrogens with one attached hydrogen (secondary N) is 1. The summed E-state index contributed by atoms with van der Waals surface area (Å²) in [6.07, 6.45) is 2.16. The maximum atomic E-state index is 13.6. The van der Waals surface area contributed by atoms with E-state index < -0.39 is 10.2 Å². The fourth-order valence-electron chi connectivity index (χ4n) is 4.05. The SMILES string of the molecule is Cc1ccc(NC(=O)[C@H](Sc2nnc(C3CC3)n2Cc2ccccc2)c2ccccc2)c([N+](=O)[O-])c1. The fraction of sp³-hybridized carbons (Fsp3) is 0.222. The zero-order chi connectivity index (χ0) is 25.1. The average Bonchev–Trinajstić information content (AvgIpc) is 3.66. The van der Waals surface area contributed by atoms with Crippen LogP contribution in [0, 0.1) is 17.0 Å². The van der Waals surface area contributed by atoms with E-state index in [1.807, 2.05) is 48.5 Å². The molecular formula is C27H25N5O3S. The van der Waals surface area contributed by atoms with Crippen molar-refractivity contribution in [1.29, 1.82) is 0 Å². The first kappa shape index (κ1) is 23.7. The summed E-state index contributed by atoms with van der Waals surface area (Å²) < 4.78 is 2.09. The number of aromatic nitrogens is 3. The second kappa shape index (κ2) is 10.3. The van der Waals surface area contributed by atoms with Crippen molar-refractivity contribution in [3.8, 4) is 0 Å². The standard InChI is InChI=1S/C27H25N5O3S/c1-18-12-15-22(23(16-18)32(34)35)28-26(33)24(20-10-6-3-7-11-20)36-27-30-29-25(21-13-14-21)31(27)17-19-8-4-2-5-9-19/h2-12,15-16,21,24H,13-14,17H2,1H3,(H,28,33)/t24-/m1/s1. The second-order valence-corrected chi connectivity index (χ2v) is 9.93. The number of benzene rings is 3. The van der Waals surface area contributed by atoms with Gasteiger partial charge in [-0.3, -0.25) is 14.9 Å². The van der Waals surface area contributed by atoms with Crippen LogP contribution < -0.4 is 5.32 Å². The second-order valence-electron chi connectivity index (χ2n) is 8.86. The summed E-state index contributed by atoms with van der Waals surface area (Å²) in [4.78, 5) is 24.7. The number of nitrogens with zero attached hydrogens (tertiary/aromatic N) is 4. The number of hydrogen-bond donors (Lipinski definition) is 1. The number of anilines is 1. The largest absolute Gasteiger partial charge is 0.319 e. The Morgan fingerprint density at radius 3 is 2.44 bits per heavy atom. The highest BCUT2D eigenvalue weighted by Crippen LogP contribution is 2.42. The number of thioether (sulfide) groups is 1. The zero-order valence-electron chi connectivity index (χ0n) is 19.7. The number of rotatable bonds is 9. The van der Waals surface area contributed by atoms with Gasteiger partial charge in [-0.15, -0.1) is 10.2 Å². The van der Waals surface area contributed by atoms with Crippen LogP contribution in [-0.2, 0) is 11.3 Å². The number of nitro groups is 1. The van der Waals surface area contributed by atoms with Gasteiger partial charge in [0.25, 0.3) is 5.69 Å². The van der Waals surface area contributed by atoms with Crippen molar-refractivity contribution in [2.75, 3.05) is 5.32 Å². The van der Waals surface area contributed by atoms with Crippen LogP contribution >= 0.6 is 11.8 Å². The molecule has 9 heteroatoms. The summed E-state index contributed by atoms with van der Waals surface area (Å²) in [7, 11) is 0. The topological polar surface area (TPSA) is 103 Å². The number of hydrogen-bond acceptors (Lipinski definition) is 6. The molecule has 0 unspecified atom stereocenters. The summed E-state index contributed by atoms with van der Waals surface area (Å²) in [5.74, 6) is 0.956. The van der Waals surface area contributed by atoms with Crippen LogP contribution in [0.3, 0.4) is 0 Å². The first-order chi connectivity index (χ1) is 17.5. The number of carbonyl (C=O) groups is 1. The summed E-state index contributed by atoms with van der Waals surface area (Å²) >= 11 is 1.31. The maximum absolute atomic E-state index is 13.6. The Hall–Kier alpha value is -3.98. The molecule has 1 heterocycles. The lowest BCUT2D eigenvalue weighted by Gasteiger charge is -2.18. The van der Waals surface area contributed by atoms with E-state index in [1.54, 1.807) is 19.1 Å². The molecule has 1 atom stereocenters. The molecule has 1 saturated carbocycles. The predicted molar refractivity (Wildman–Crippen MR) is 139 cm³/mol. The van der Waals surface area contributed by atoms with Crippen LogP contribution in [0.4, 0.5) is 11.4 Å². The maximum Gasteiger partial charge on any atom is 0.293 e. The minimum Gasteiger partial charge on any atom is -0.319 e. The molecule has 0 saturated heterocycles.